The largest absolute Gasteiger partial charge is 0.397 e. The standard InChI is InChI=1S/C24H22N6O2/c1-15(31)29-18-10-11-21-19(12-18)23(28-14-27-21)26-13-16-6-8-17(9-7-16)24(32)30-22-5-3-2-4-20(22)25/h2-12,14H,13,25H2,1H3,(H,29,31)(H,30,32)(H,26,27,28). The van der Waals surface area contributed by atoms with E-state index < -0.39 is 0 Å². The van der Waals surface area contributed by atoms with Gasteiger partial charge in [0.1, 0.15) is 12.1 Å². The van der Waals surface area contributed by atoms with E-state index in [4.69, 9.17) is 5.73 Å². The van der Waals surface area contributed by atoms with Gasteiger partial charge in [0.05, 0.1) is 16.9 Å². The Morgan fingerprint density at radius 1 is 0.938 bits per heavy atom. The van der Waals surface area contributed by atoms with Gasteiger partial charge >= 0.3 is 0 Å². The molecule has 4 aromatic rings. The van der Waals surface area contributed by atoms with Crippen molar-refractivity contribution in [1.82, 2.24) is 9.97 Å². The van der Waals surface area contributed by atoms with Crippen LogP contribution in [0.2, 0.25) is 0 Å². The topological polar surface area (TPSA) is 122 Å². The SMILES string of the molecule is CC(=O)Nc1ccc2ncnc(NCc3ccc(C(=O)Nc4ccccc4N)cc3)c2c1. The molecule has 2 amide bonds. The van der Waals surface area contributed by atoms with Gasteiger partial charge in [0.15, 0.2) is 0 Å². The van der Waals surface area contributed by atoms with Crippen LogP contribution >= 0.6 is 0 Å². The summed E-state index contributed by atoms with van der Waals surface area (Å²) in [5.74, 6) is 0.285. The predicted molar refractivity (Wildman–Crippen MR) is 126 cm³/mol. The second kappa shape index (κ2) is 9.13. The number of nitrogens with zero attached hydrogens (tertiary/aromatic N) is 2. The van der Waals surface area contributed by atoms with Crippen LogP contribution in [0.15, 0.2) is 73.1 Å². The molecule has 0 aliphatic carbocycles. The minimum Gasteiger partial charge on any atom is -0.397 e. The fraction of sp³-hybridized carbons (Fsp3) is 0.0833. The van der Waals surface area contributed by atoms with Crippen LogP contribution in [0.1, 0.15) is 22.8 Å². The van der Waals surface area contributed by atoms with E-state index in [0.717, 1.165) is 16.5 Å². The molecule has 0 atom stereocenters. The van der Waals surface area contributed by atoms with Crippen LogP contribution in [0, 0.1) is 0 Å². The van der Waals surface area contributed by atoms with Crippen molar-refractivity contribution in [3.8, 4) is 0 Å². The molecule has 0 fully saturated rings. The van der Waals surface area contributed by atoms with Gasteiger partial charge in [-0.3, -0.25) is 9.59 Å². The van der Waals surface area contributed by atoms with E-state index in [2.05, 4.69) is 25.9 Å². The van der Waals surface area contributed by atoms with E-state index in [-0.39, 0.29) is 11.8 Å². The molecule has 1 aromatic heterocycles. The normalized spacial score (nSPS) is 10.5. The molecule has 4 rings (SSSR count). The maximum Gasteiger partial charge on any atom is 0.255 e. The maximum atomic E-state index is 12.5. The summed E-state index contributed by atoms with van der Waals surface area (Å²) in [5.41, 5.74) is 9.93. The summed E-state index contributed by atoms with van der Waals surface area (Å²) in [5, 5.41) is 9.68. The van der Waals surface area contributed by atoms with Crippen LogP contribution in [0.3, 0.4) is 0 Å². The van der Waals surface area contributed by atoms with Crippen molar-refractivity contribution in [2.24, 2.45) is 0 Å². The van der Waals surface area contributed by atoms with Gasteiger partial charge in [-0.15, -0.1) is 0 Å². The summed E-state index contributed by atoms with van der Waals surface area (Å²) in [6.45, 7) is 1.97. The summed E-state index contributed by atoms with van der Waals surface area (Å²) in [6, 6.07) is 19.9. The minimum atomic E-state index is -0.227. The van der Waals surface area contributed by atoms with Gasteiger partial charge in [0.25, 0.3) is 5.91 Å². The molecule has 5 N–H and O–H groups in total. The van der Waals surface area contributed by atoms with Gasteiger partial charge in [-0.1, -0.05) is 24.3 Å². The molecule has 3 aromatic carbocycles. The number of benzene rings is 3. The third kappa shape index (κ3) is 4.81. The Morgan fingerprint density at radius 3 is 2.47 bits per heavy atom. The lowest BCUT2D eigenvalue weighted by atomic mass is 10.1. The van der Waals surface area contributed by atoms with Crippen LogP contribution in [-0.4, -0.2) is 21.8 Å². The number of carbonyl (C=O) groups is 2. The Balaban J connectivity index is 1.45. The second-order valence-corrected chi connectivity index (χ2v) is 7.23. The summed E-state index contributed by atoms with van der Waals surface area (Å²) >= 11 is 0. The van der Waals surface area contributed by atoms with E-state index >= 15 is 0 Å². The maximum absolute atomic E-state index is 12.5. The quantitative estimate of drug-likeness (QED) is 0.345. The Labute approximate surface area is 184 Å². The Hall–Kier alpha value is -4.46. The Morgan fingerprint density at radius 2 is 1.72 bits per heavy atom. The number of nitrogen functional groups attached to an aromatic ring is 1. The molecular formula is C24H22N6O2. The average molecular weight is 426 g/mol. The first-order valence-corrected chi connectivity index (χ1v) is 10.0. The molecule has 8 nitrogen and oxygen atoms in total. The monoisotopic (exact) mass is 426 g/mol. The number of amides is 2. The molecule has 0 radical (unpaired) electrons. The van der Waals surface area contributed by atoms with Gasteiger partial charge in [-0.05, 0) is 48.0 Å². The lowest BCUT2D eigenvalue weighted by Gasteiger charge is -2.11. The van der Waals surface area contributed by atoms with Gasteiger partial charge in [-0.25, -0.2) is 9.97 Å². The van der Waals surface area contributed by atoms with Crippen molar-refractivity contribution in [3.63, 3.8) is 0 Å². The van der Waals surface area contributed by atoms with Crippen molar-refractivity contribution in [1.29, 1.82) is 0 Å². The van der Waals surface area contributed by atoms with Crippen molar-refractivity contribution in [2.75, 3.05) is 21.7 Å². The first kappa shape index (κ1) is 20.8. The number of hydrogen-bond acceptors (Lipinski definition) is 6. The fourth-order valence-corrected chi connectivity index (χ4v) is 3.24. The highest BCUT2D eigenvalue weighted by molar-refractivity contribution is 6.05. The van der Waals surface area contributed by atoms with Crippen LogP contribution < -0.4 is 21.7 Å². The fourth-order valence-electron chi connectivity index (χ4n) is 3.24. The predicted octanol–water partition coefficient (Wildman–Crippen LogP) is 4.03. The third-order valence-electron chi connectivity index (χ3n) is 4.84. The highest BCUT2D eigenvalue weighted by Crippen LogP contribution is 2.24. The van der Waals surface area contributed by atoms with Crippen molar-refractivity contribution in [3.05, 3.63) is 84.2 Å². The molecule has 0 saturated carbocycles. The third-order valence-corrected chi connectivity index (χ3v) is 4.84. The van der Waals surface area contributed by atoms with Gasteiger partial charge in [-0.2, -0.15) is 0 Å². The molecular weight excluding hydrogens is 404 g/mol. The van der Waals surface area contributed by atoms with Crippen molar-refractivity contribution in [2.45, 2.75) is 13.5 Å². The van der Waals surface area contributed by atoms with E-state index in [1.54, 1.807) is 30.3 Å². The minimum absolute atomic E-state index is 0.144. The van der Waals surface area contributed by atoms with E-state index in [9.17, 15) is 9.59 Å². The molecule has 1 heterocycles. The average Bonchev–Trinajstić information content (AvgIpc) is 2.79. The van der Waals surface area contributed by atoms with Crippen molar-refractivity contribution < 1.29 is 9.59 Å². The number of rotatable bonds is 6. The first-order valence-electron chi connectivity index (χ1n) is 10.0. The highest BCUT2D eigenvalue weighted by Gasteiger charge is 2.09. The number of carbonyl (C=O) groups excluding carboxylic acids is 2. The van der Waals surface area contributed by atoms with E-state index in [1.807, 2.05) is 36.4 Å². The van der Waals surface area contributed by atoms with Crippen LogP contribution in [-0.2, 0) is 11.3 Å². The smallest absolute Gasteiger partial charge is 0.255 e. The van der Waals surface area contributed by atoms with Crippen LogP contribution in [0.5, 0.6) is 0 Å². The lowest BCUT2D eigenvalue weighted by molar-refractivity contribution is -0.114. The lowest BCUT2D eigenvalue weighted by Crippen LogP contribution is -2.13. The Bertz CT molecular complexity index is 1290. The number of anilines is 4. The van der Waals surface area contributed by atoms with E-state index in [0.29, 0.717) is 35.0 Å². The summed E-state index contributed by atoms with van der Waals surface area (Å²) in [6.07, 6.45) is 1.49. The molecule has 0 spiro atoms. The van der Waals surface area contributed by atoms with Crippen molar-refractivity contribution >= 4 is 45.6 Å². The summed E-state index contributed by atoms with van der Waals surface area (Å²) in [7, 11) is 0. The van der Waals surface area contributed by atoms with Gasteiger partial charge < -0.3 is 21.7 Å². The first-order chi connectivity index (χ1) is 15.5. The number of aromatic nitrogens is 2. The zero-order chi connectivity index (χ0) is 22.5. The molecule has 160 valence electrons. The Kier molecular flexibility index (Phi) is 5.94. The molecule has 0 saturated heterocycles. The van der Waals surface area contributed by atoms with E-state index in [1.165, 1.54) is 13.3 Å². The molecule has 0 bridgehead atoms. The number of fused-ring (bicyclic) bond motifs is 1. The van der Waals surface area contributed by atoms with Gasteiger partial charge in [0, 0.05) is 30.1 Å². The number of para-hydroxylation sites is 2. The summed E-state index contributed by atoms with van der Waals surface area (Å²) in [4.78, 5) is 32.4. The summed E-state index contributed by atoms with van der Waals surface area (Å²) < 4.78 is 0. The number of nitrogens with one attached hydrogen (secondary N) is 3. The molecule has 0 aliphatic rings. The second-order valence-electron chi connectivity index (χ2n) is 7.23. The van der Waals surface area contributed by atoms with Crippen LogP contribution in [0.4, 0.5) is 22.9 Å². The van der Waals surface area contributed by atoms with Gasteiger partial charge in [0.2, 0.25) is 5.91 Å². The molecule has 32 heavy (non-hydrogen) atoms. The number of hydrogen-bond donors (Lipinski definition) is 4. The zero-order valence-electron chi connectivity index (χ0n) is 17.4. The zero-order valence-corrected chi connectivity index (χ0v) is 17.4. The molecule has 0 unspecified atom stereocenters. The van der Waals surface area contributed by atoms with Crippen LogP contribution in [0.25, 0.3) is 10.9 Å². The number of nitrogens with two attached hydrogens (primary N) is 1. The highest BCUT2D eigenvalue weighted by atomic mass is 16.2. The molecule has 0 aliphatic heterocycles. The molecule has 8 heteroatoms.